The van der Waals surface area contributed by atoms with E-state index in [-0.39, 0.29) is 0 Å². The fourth-order valence-corrected chi connectivity index (χ4v) is 5.18. The van der Waals surface area contributed by atoms with Gasteiger partial charge in [0, 0.05) is 5.02 Å². The lowest BCUT2D eigenvalue weighted by molar-refractivity contribution is 0.306. The summed E-state index contributed by atoms with van der Waals surface area (Å²) < 4.78 is 6.46. The number of benzene rings is 2. The van der Waals surface area contributed by atoms with Gasteiger partial charge in [-0.3, -0.25) is 0 Å². The van der Waals surface area contributed by atoms with Crippen LogP contribution in [0.2, 0.25) is 5.02 Å². The summed E-state index contributed by atoms with van der Waals surface area (Å²) in [6.07, 6.45) is 1.32. The first-order valence-corrected chi connectivity index (χ1v) is 9.49. The summed E-state index contributed by atoms with van der Waals surface area (Å²) in [7, 11) is 0. The smallest absolute Gasteiger partial charge is 0.120 e. The molecule has 1 aliphatic rings. The molecule has 1 saturated heterocycles. The van der Waals surface area contributed by atoms with E-state index in [0.29, 0.717) is 11.2 Å². The lowest BCUT2D eigenvalue weighted by Gasteiger charge is -2.21. The molecular weight excluding hydrogens is 320 g/mol. The van der Waals surface area contributed by atoms with E-state index in [9.17, 15) is 0 Å². The van der Waals surface area contributed by atoms with E-state index < -0.39 is 0 Å². The van der Waals surface area contributed by atoms with Crippen molar-refractivity contribution in [3.05, 3.63) is 64.7 Å². The van der Waals surface area contributed by atoms with Crippen LogP contribution < -0.4 is 4.74 Å². The summed E-state index contributed by atoms with van der Waals surface area (Å²) in [5, 5.41) is 0.757. The minimum Gasteiger partial charge on any atom is -0.489 e. The monoisotopic (exact) mass is 336 g/mol. The van der Waals surface area contributed by atoms with E-state index in [1.165, 1.54) is 23.5 Å². The zero-order chi connectivity index (χ0) is 14.5. The summed E-state index contributed by atoms with van der Waals surface area (Å²) >= 11 is 9.96. The molecule has 3 rings (SSSR count). The van der Waals surface area contributed by atoms with E-state index in [4.69, 9.17) is 16.3 Å². The highest BCUT2D eigenvalue weighted by molar-refractivity contribution is 8.16. The van der Waals surface area contributed by atoms with Crippen LogP contribution in [0.25, 0.3) is 0 Å². The Kier molecular flexibility index (Phi) is 5.39. The molecule has 0 saturated carbocycles. The second-order valence-corrected chi connectivity index (χ2v) is 8.08. The number of ether oxygens (including phenoxy) is 1. The molecule has 1 aliphatic heterocycles. The molecule has 0 aromatic heterocycles. The molecule has 4 heteroatoms. The molecule has 110 valence electrons. The second-order valence-electron chi connectivity index (χ2n) is 4.91. The Morgan fingerprint density at radius 2 is 1.81 bits per heavy atom. The van der Waals surface area contributed by atoms with Crippen LogP contribution in [0.15, 0.2) is 48.5 Å². The van der Waals surface area contributed by atoms with Crippen LogP contribution in [-0.2, 0) is 6.61 Å². The summed E-state index contributed by atoms with van der Waals surface area (Å²) in [5.41, 5.74) is 2.49. The lowest BCUT2D eigenvalue weighted by Crippen LogP contribution is -2.01. The molecule has 1 nitrogen and oxygen atoms in total. The standard InChI is InChI=1S/C17H17ClOS2/c18-15-7-5-13(6-8-15)12-19-16-4-1-3-14(11-16)17-20-9-2-10-21-17/h1,3-8,11,17H,2,9-10,12H2. The van der Waals surface area contributed by atoms with Gasteiger partial charge in [0.1, 0.15) is 12.4 Å². The predicted molar refractivity (Wildman–Crippen MR) is 94.5 cm³/mol. The Bertz CT molecular complexity index is 580. The zero-order valence-electron chi connectivity index (χ0n) is 11.6. The number of rotatable bonds is 4. The van der Waals surface area contributed by atoms with Gasteiger partial charge < -0.3 is 4.74 Å². The summed E-state index contributed by atoms with van der Waals surface area (Å²) in [6, 6.07) is 16.3. The lowest BCUT2D eigenvalue weighted by atomic mass is 10.2. The van der Waals surface area contributed by atoms with E-state index in [2.05, 4.69) is 18.2 Å². The first-order chi connectivity index (χ1) is 10.3. The fraction of sp³-hybridized carbons (Fsp3) is 0.294. The van der Waals surface area contributed by atoms with Crippen LogP contribution in [0.5, 0.6) is 5.75 Å². The van der Waals surface area contributed by atoms with Crippen molar-refractivity contribution in [2.75, 3.05) is 11.5 Å². The average molecular weight is 337 g/mol. The first kappa shape index (κ1) is 15.1. The molecule has 0 amide bonds. The van der Waals surface area contributed by atoms with E-state index in [1.807, 2.05) is 53.9 Å². The number of hydrogen-bond acceptors (Lipinski definition) is 3. The van der Waals surface area contributed by atoms with Crippen molar-refractivity contribution in [2.24, 2.45) is 0 Å². The fourth-order valence-electron chi connectivity index (χ4n) is 2.18. The van der Waals surface area contributed by atoms with Crippen molar-refractivity contribution < 1.29 is 4.74 Å². The third kappa shape index (κ3) is 4.35. The van der Waals surface area contributed by atoms with Crippen molar-refractivity contribution in [1.82, 2.24) is 0 Å². The first-order valence-electron chi connectivity index (χ1n) is 7.02. The maximum Gasteiger partial charge on any atom is 0.120 e. The zero-order valence-corrected chi connectivity index (χ0v) is 14.0. The third-order valence-corrected chi connectivity index (χ3v) is 6.54. The predicted octanol–water partition coefficient (Wildman–Crippen LogP) is 5.79. The molecule has 0 aliphatic carbocycles. The van der Waals surface area contributed by atoms with Gasteiger partial charge in [0.2, 0.25) is 0 Å². The molecule has 2 aromatic carbocycles. The molecular formula is C17H17ClOS2. The highest BCUT2D eigenvalue weighted by atomic mass is 35.5. The quantitative estimate of drug-likeness (QED) is 0.699. The maximum atomic E-state index is 5.90. The molecule has 0 unspecified atom stereocenters. The summed E-state index contributed by atoms with van der Waals surface area (Å²) in [5.74, 6) is 3.45. The molecule has 0 spiro atoms. The van der Waals surface area contributed by atoms with Gasteiger partial charge in [-0.15, -0.1) is 23.5 Å². The van der Waals surface area contributed by atoms with Crippen LogP contribution in [0.4, 0.5) is 0 Å². The highest BCUT2D eigenvalue weighted by Crippen LogP contribution is 2.44. The molecule has 0 N–H and O–H groups in total. The largest absolute Gasteiger partial charge is 0.489 e. The Balaban J connectivity index is 1.64. The van der Waals surface area contributed by atoms with Gasteiger partial charge in [-0.2, -0.15) is 0 Å². The number of thioether (sulfide) groups is 2. The number of hydrogen-bond donors (Lipinski definition) is 0. The molecule has 2 aromatic rings. The van der Waals surface area contributed by atoms with Crippen LogP contribution in [0.1, 0.15) is 22.1 Å². The SMILES string of the molecule is Clc1ccc(COc2cccc(C3SCCCS3)c2)cc1. The Labute approximate surface area is 139 Å². The van der Waals surface area contributed by atoms with Crippen molar-refractivity contribution >= 4 is 35.1 Å². The molecule has 0 bridgehead atoms. The van der Waals surface area contributed by atoms with Gasteiger partial charge in [-0.05, 0) is 53.3 Å². The Morgan fingerprint density at radius 1 is 1.05 bits per heavy atom. The Hall–Kier alpha value is -0.770. The van der Waals surface area contributed by atoms with Gasteiger partial charge in [-0.25, -0.2) is 0 Å². The van der Waals surface area contributed by atoms with Crippen molar-refractivity contribution in [2.45, 2.75) is 17.6 Å². The minimum absolute atomic E-state index is 0.554. The number of halogens is 1. The van der Waals surface area contributed by atoms with E-state index in [0.717, 1.165) is 16.3 Å². The van der Waals surface area contributed by atoms with Crippen LogP contribution in [0.3, 0.4) is 0 Å². The molecule has 1 heterocycles. The normalized spacial score (nSPS) is 15.9. The van der Waals surface area contributed by atoms with Gasteiger partial charge in [0.15, 0.2) is 0 Å². The summed E-state index contributed by atoms with van der Waals surface area (Å²) in [6.45, 7) is 0.575. The van der Waals surface area contributed by atoms with Gasteiger partial charge >= 0.3 is 0 Å². The van der Waals surface area contributed by atoms with Gasteiger partial charge in [0.25, 0.3) is 0 Å². The van der Waals surface area contributed by atoms with Crippen LogP contribution >= 0.6 is 35.1 Å². The topological polar surface area (TPSA) is 9.23 Å². The molecule has 0 radical (unpaired) electrons. The molecule has 21 heavy (non-hydrogen) atoms. The van der Waals surface area contributed by atoms with Crippen molar-refractivity contribution in [3.8, 4) is 5.75 Å². The Morgan fingerprint density at radius 3 is 2.57 bits per heavy atom. The van der Waals surface area contributed by atoms with Crippen molar-refractivity contribution in [3.63, 3.8) is 0 Å². The minimum atomic E-state index is 0.554. The average Bonchev–Trinajstić information content (AvgIpc) is 2.55. The maximum absolute atomic E-state index is 5.90. The van der Waals surface area contributed by atoms with Gasteiger partial charge in [0.05, 0.1) is 4.58 Å². The summed E-state index contributed by atoms with van der Waals surface area (Å²) in [4.78, 5) is 0. The molecule has 1 fully saturated rings. The van der Waals surface area contributed by atoms with E-state index >= 15 is 0 Å². The second kappa shape index (κ2) is 7.48. The van der Waals surface area contributed by atoms with Crippen molar-refractivity contribution in [1.29, 1.82) is 0 Å². The van der Waals surface area contributed by atoms with Crippen LogP contribution in [-0.4, -0.2) is 11.5 Å². The van der Waals surface area contributed by atoms with Crippen LogP contribution in [0, 0.1) is 0 Å². The van der Waals surface area contributed by atoms with Gasteiger partial charge in [-0.1, -0.05) is 35.9 Å². The third-order valence-electron chi connectivity index (χ3n) is 3.28. The van der Waals surface area contributed by atoms with E-state index in [1.54, 1.807) is 0 Å². The molecule has 0 atom stereocenters. The highest BCUT2D eigenvalue weighted by Gasteiger charge is 2.16.